The van der Waals surface area contributed by atoms with Gasteiger partial charge in [0.1, 0.15) is 0 Å². The lowest BCUT2D eigenvalue weighted by Crippen LogP contribution is -2.36. The summed E-state index contributed by atoms with van der Waals surface area (Å²) < 4.78 is 26.8. The van der Waals surface area contributed by atoms with E-state index in [2.05, 4.69) is 0 Å². The van der Waals surface area contributed by atoms with E-state index < -0.39 is 5.92 Å². The number of fused-ring (bicyclic) bond motifs is 1. The van der Waals surface area contributed by atoms with Gasteiger partial charge in [0.05, 0.1) is 6.07 Å². The number of carbonyl (C=O) groups is 1. The van der Waals surface area contributed by atoms with Crippen molar-refractivity contribution in [1.82, 2.24) is 4.90 Å². The Morgan fingerprint density at radius 1 is 1.23 bits per heavy atom. The van der Waals surface area contributed by atoms with Gasteiger partial charge in [0.25, 0.3) is 5.92 Å². The summed E-state index contributed by atoms with van der Waals surface area (Å²) in [5, 5.41) is 8.64. The molecule has 134 valence electrons. The highest BCUT2D eigenvalue weighted by Gasteiger charge is 2.25. The molecule has 0 radical (unpaired) electrons. The van der Waals surface area contributed by atoms with Gasteiger partial charge in [-0.3, -0.25) is 4.79 Å². The standard InChI is InChI=1S/C21H20F2N2O/c1-21(22,23)17-9-7-15(8-10-17)18-5-2-4-16-14-25(13-11-19(16)18)20(26)6-3-12-24/h2,4-5,7-10H,3,6,11,13-14H2,1H3. The van der Waals surface area contributed by atoms with Crippen molar-refractivity contribution in [1.29, 1.82) is 5.26 Å². The van der Waals surface area contributed by atoms with Crippen LogP contribution in [0.1, 0.15) is 36.5 Å². The molecule has 3 rings (SSSR count). The minimum atomic E-state index is -2.85. The second kappa shape index (κ2) is 7.25. The zero-order valence-electron chi connectivity index (χ0n) is 14.6. The Morgan fingerprint density at radius 3 is 2.62 bits per heavy atom. The number of carbonyl (C=O) groups excluding carboxylic acids is 1. The van der Waals surface area contributed by atoms with Crippen molar-refractivity contribution in [2.45, 2.75) is 38.7 Å². The lowest BCUT2D eigenvalue weighted by atomic mass is 9.90. The van der Waals surface area contributed by atoms with Crippen molar-refractivity contribution < 1.29 is 13.6 Å². The van der Waals surface area contributed by atoms with E-state index in [1.165, 1.54) is 12.1 Å². The first-order valence-electron chi connectivity index (χ1n) is 8.64. The quantitative estimate of drug-likeness (QED) is 0.802. The fourth-order valence-corrected chi connectivity index (χ4v) is 3.36. The Hall–Kier alpha value is -2.74. The summed E-state index contributed by atoms with van der Waals surface area (Å²) in [6.45, 7) is 2.03. The molecule has 0 aromatic heterocycles. The highest BCUT2D eigenvalue weighted by Crippen LogP contribution is 2.33. The molecule has 0 unspecified atom stereocenters. The van der Waals surface area contributed by atoms with E-state index in [1.54, 1.807) is 17.0 Å². The van der Waals surface area contributed by atoms with Gasteiger partial charge in [-0.1, -0.05) is 42.5 Å². The maximum atomic E-state index is 13.4. The number of nitriles is 1. The average Bonchev–Trinajstić information content (AvgIpc) is 2.64. The van der Waals surface area contributed by atoms with Crippen LogP contribution in [0.25, 0.3) is 11.1 Å². The molecule has 0 aliphatic carbocycles. The molecule has 2 aromatic rings. The summed E-state index contributed by atoms with van der Waals surface area (Å²) in [6, 6.07) is 14.3. The molecule has 0 bridgehead atoms. The lowest BCUT2D eigenvalue weighted by molar-refractivity contribution is -0.132. The van der Waals surface area contributed by atoms with E-state index in [-0.39, 0.29) is 24.3 Å². The van der Waals surface area contributed by atoms with Crippen LogP contribution in [0.5, 0.6) is 0 Å². The Kier molecular flexibility index (Phi) is 5.03. The van der Waals surface area contributed by atoms with Gasteiger partial charge >= 0.3 is 0 Å². The third-order valence-corrected chi connectivity index (χ3v) is 4.77. The molecule has 0 N–H and O–H groups in total. The Bertz CT molecular complexity index is 848. The monoisotopic (exact) mass is 354 g/mol. The summed E-state index contributed by atoms with van der Waals surface area (Å²) >= 11 is 0. The predicted octanol–water partition coefficient (Wildman–Crippen LogP) is 4.65. The topological polar surface area (TPSA) is 44.1 Å². The van der Waals surface area contributed by atoms with Gasteiger partial charge in [-0.15, -0.1) is 0 Å². The van der Waals surface area contributed by atoms with E-state index in [0.29, 0.717) is 13.1 Å². The predicted molar refractivity (Wildman–Crippen MR) is 95.4 cm³/mol. The number of amides is 1. The first-order valence-corrected chi connectivity index (χ1v) is 8.64. The summed E-state index contributed by atoms with van der Waals surface area (Å²) in [4.78, 5) is 13.9. The summed E-state index contributed by atoms with van der Waals surface area (Å²) in [6.07, 6.45) is 1.20. The number of alkyl halides is 2. The molecule has 0 atom stereocenters. The summed E-state index contributed by atoms with van der Waals surface area (Å²) in [5.74, 6) is -2.85. The van der Waals surface area contributed by atoms with Crippen molar-refractivity contribution in [3.05, 3.63) is 59.2 Å². The van der Waals surface area contributed by atoms with E-state index in [4.69, 9.17) is 5.26 Å². The van der Waals surface area contributed by atoms with Crippen LogP contribution in [0.15, 0.2) is 42.5 Å². The molecule has 1 amide bonds. The zero-order valence-corrected chi connectivity index (χ0v) is 14.6. The molecule has 0 spiro atoms. The van der Waals surface area contributed by atoms with Gasteiger partial charge in [-0.2, -0.15) is 5.26 Å². The third-order valence-electron chi connectivity index (χ3n) is 4.77. The number of hydrogen-bond donors (Lipinski definition) is 0. The van der Waals surface area contributed by atoms with Gasteiger partial charge in [0, 0.05) is 38.4 Å². The third kappa shape index (κ3) is 3.75. The van der Waals surface area contributed by atoms with Gasteiger partial charge < -0.3 is 4.90 Å². The minimum Gasteiger partial charge on any atom is -0.338 e. The molecule has 26 heavy (non-hydrogen) atoms. The van der Waals surface area contributed by atoms with Crippen molar-refractivity contribution in [3.63, 3.8) is 0 Å². The Balaban J connectivity index is 1.85. The molecule has 0 saturated carbocycles. The largest absolute Gasteiger partial charge is 0.338 e. The SMILES string of the molecule is CC(F)(F)c1ccc(-c2cccc3c2CCN(C(=O)CCC#N)C3)cc1. The molecule has 0 saturated heterocycles. The molecule has 5 heteroatoms. The second-order valence-corrected chi connectivity index (χ2v) is 6.63. The van der Waals surface area contributed by atoms with Crippen molar-refractivity contribution in [3.8, 4) is 17.2 Å². The molecule has 1 heterocycles. The molecular weight excluding hydrogens is 334 g/mol. The van der Waals surface area contributed by atoms with Crippen LogP contribution < -0.4 is 0 Å². The fourth-order valence-electron chi connectivity index (χ4n) is 3.36. The first-order chi connectivity index (χ1) is 12.4. The van der Waals surface area contributed by atoms with E-state index in [1.807, 2.05) is 24.3 Å². The molecular formula is C21H20F2N2O. The smallest absolute Gasteiger partial charge is 0.270 e. The van der Waals surface area contributed by atoms with E-state index in [9.17, 15) is 13.6 Å². The van der Waals surface area contributed by atoms with Crippen molar-refractivity contribution in [2.24, 2.45) is 0 Å². The maximum Gasteiger partial charge on any atom is 0.270 e. The molecule has 1 aliphatic heterocycles. The normalized spacial score (nSPS) is 13.8. The van der Waals surface area contributed by atoms with Crippen molar-refractivity contribution >= 4 is 5.91 Å². The van der Waals surface area contributed by atoms with Crippen LogP contribution in [0.4, 0.5) is 8.78 Å². The summed E-state index contributed by atoms with van der Waals surface area (Å²) in [5.41, 5.74) is 4.16. The van der Waals surface area contributed by atoms with Gasteiger partial charge in [0.2, 0.25) is 5.91 Å². The highest BCUT2D eigenvalue weighted by atomic mass is 19.3. The number of halogens is 2. The number of benzene rings is 2. The number of rotatable bonds is 4. The van der Waals surface area contributed by atoms with Crippen molar-refractivity contribution in [2.75, 3.05) is 6.54 Å². The highest BCUT2D eigenvalue weighted by molar-refractivity contribution is 5.77. The molecule has 3 nitrogen and oxygen atoms in total. The van der Waals surface area contributed by atoms with Crippen LogP contribution in [0.3, 0.4) is 0 Å². The van der Waals surface area contributed by atoms with Crippen LogP contribution in [0.2, 0.25) is 0 Å². The van der Waals surface area contributed by atoms with Crippen LogP contribution in [0, 0.1) is 11.3 Å². The average molecular weight is 354 g/mol. The number of hydrogen-bond acceptors (Lipinski definition) is 2. The fraction of sp³-hybridized carbons (Fsp3) is 0.333. The number of nitrogens with zero attached hydrogens (tertiary/aromatic N) is 2. The molecule has 0 fully saturated rings. The van der Waals surface area contributed by atoms with Gasteiger partial charge in [0.15, 0.2) is 0 Å². The zero-order chi connectivity index (χ0) is 18.7. The van der Waals surface area contributed by atoms with Crippen LogP contribution in [-0.2, 0) is 23.7 Å². The Morgan fingerprint density at radius 2 is 1.96 bits per heavy atom. The first kappa shape index (κ1) is 18.1. The molecule has 1 aliphatic rings. The minimum absolute atomic E-state index is 0.000290. The van der Waals surface area contributed by atoms with Crippen LogP contribution >= 0.6 is 0 Å². The lowest BCUT2D eigenvalue weighted by Gasteiger charge is -2.30. The van der Waals surface area contributed by atoms with Gasteiger partial charge in [-0.25, -0.2) is 8.78 Å². The summed E-state index contributed by atoms with van der Waals surface area (Å²) in [7, 11) is 0. The van der Waals surface area contributed by atoms with E-state index >= 15 is 0 Å². The maximum absolute atomic E-state index is 13.4. The second-order valence-electron chi connectivity index (χ2n) is 6.63. The molecule has 2 aromatic carbocycles. The van der Waals surface area contributed by atoms with Crippen LogP contribution in [-0.4, -0.2) is 17.4 Å². The Labute approximate surface area is 151 Å². The van der Waals surface area contributed by atoms with E-state index in [0.717, 1.165) is 35.6 Å². The van der Waals surface area contributed by atoms with Gasteiger partial charge in [-0.05, 0) is 28.7 Å².